The van der Waals surface area contributed by atoms with Gasteiger partial charge >= 0.3 is 10.1 Å². The average molecular weight is 413 g/mol. The predicted molar refractivity (Wildman–Crippen MR) is 94.5 cm³/mol. The first-order chi connectivity index (χ1) is 11.2. The van der Waals surface area contributed by atoms with E-state index in [1.807, 2.05) is 6.92 Å². The van der Waals surface area contributed by atoms with Crippen LogP contribution in [0.5, 0.6) is 11.5 Å². The molecule has 2 aromatic rings. The second kappa shape index (κ2) is 6.94. The summed E-state index contributed by atoms with van der Waals surface area (Å²) in [4.78, 5) is 11.1. The van der Waals surface area contributed by atoms with Gasteiger partial charge in [0.05, 0.1) is 11.6 Å². The van der Waals surface area contributed by atoms with Gasteiger partial charge in [0.1, 0.15) is 11.2 Å². The van der Waals surface area contributed by atoms with Crippen molar-refractivity contribution in [1.29, 1.82) is 0 Å². The van der Waals surface area contributed by atoms with E-state index in [0.29, 0.717) is 27.4 Å². The van der Waals surface area contributed by atoms with Crippen molar-refractivity contribution in [2.45, 2.75) is 25.7 Å². The summed E-state index contributed by atoms with van der Waals surface area (Å²) in [5, 5.41) is 0. The summed E-state index contributed by atoms with van der Waals surface area (Å²) in [5.41, 5.74) is 2.52. The number of halogens is 1. The SMILES string of the molecule is COc1cc(C=O)cc(Br)c1OS(=O)(=O)c1c(C)cc(C)cc1C. The van der Waals surface area contributed by atoms with Crippen LogP contribution < -0.4 is 8.92 Å². The van der Waals surface area contributed by atoms with E-state index in [4.69, 9.17) is 8.92 Å². The molecule has 7 heteroatoms. The van der Waals surface area contributed by atoms with Crippen molar-refractivity contribution in [3.8, 4) is 11.5 Å². The zero-order valence-corrected chi connectivity index (χ0v) is 16.1. The topological polar surface area (TPSA) is 69.7 Å². The van der Waals surface area contributed by atoms with E-state index in [9.17, 15) is 13.2 Å². The summed E-state index contributed by atoms with van der Waals surface area (Å²) in [6.45, 7) is 5.34. The zero-order valence-electron chi connectivity index (χ0n) is 13.7. The Morgan fingerprint density at radius 2 is 1.62 bits per heavy atom. The number of hydrogen-bond donors (Lipinski definition) is 0. The van der Waals surface area contributed by atoms with Crippen LogP contribution in [0.15, 0.2) is 33.6 Å². The molecule has 0 heterocycles. The molecular weight excluding hydrogens is 396 g/mol. The largest absolute Gasteiger partial charge is 0.493 e. The Hall–Kier alpha value is -1.86. The number of ether oxygens (including phenoxy) is 1. The Morgan fingerprint density at radius 1 is 1.04 bits per heavy atom. The van der Waals surface area contributed by atoms with Crippen LogP contribution in [0.2, 0.25) is 0 Å². The van der Waals surface area contributed by atoms with E-state index in [2.05, 4.69) is 15.9 Å². The summed E-state index contributed by atoms with van der Waals surface area (Å²) >= 11 is 3.23. The first-order valence-corrected chi connectivity index (χ1v) is 9.24. The van der Waals surface area contributed by atoms with E-state index in [1.54, 1.807) is 26.0 Å². The maximum absolute atomic E-state index is 12.8. The Bertz CT molecular complexity index is 880. The van der Waals surface area contributed by atoms with E-state index in [0.717, 1.165) is 5.56 Å². The second-order valence-corrected chi connectivity index (χ2v) is 7.75. The van der Waals surface area contributed by atoms with Crippen molar-refractivity contribution >= 4 is 32.3 Å². The fourth-order valence-corrected chi connectivity index (χ4v) is 4.63. The monoisotopic (exact) mass is 412 g/mol. The molecule has 0 amide bonds. The fourth-order valence-electron chi connectivity index (χ4n) is 2.60. The molecule has 0 aliphatic heterocycles. The lowest BCUT2D eigenvalue weighted by molar-refractivity contribution is 0.112. The summed E-state index contributed by atoms with van der Waals surface area (Å²) in [5.74, 6) is 0.153. The minimum Gasteiger partial charge on any atom is -0.493 e. The summed E-state index contributed by atoms with van der Waals surface area (Å²) in [6, 6.07) is 6.45. The lowest BCUT2D eigenvalue weighted by Crippen LogP contribution is -2.14. The molecule has 0 atom stereocenters. The molecule has 0 radical (unpaired) electrons. The molecule has 0 aliphatic rings. The van der Waals surface area contributed by atoms with E-state index in [-0.39, 0.29) is 16.4 Å². The van der Waals surface area contributed by atoms with Crippen molar-refractivity contribution in [3.05, 3.63) is 51.0 Å². The van der Waals surface area contributed by atoms with Crippen LogP contribution in [0.3, 0.4) is 0 Å². The minimum absolute atomic E-state index is 0.00229. The summed E-state index contributed by atoms with van der Waals surface area (Å²) < 4.78 is 36.3. The molecule has 0 saturated carbocycles. The van der Waals surface area contributed by atoms with Gasteiger partial charge in [-0.05, 0) is 60.0 Å². The third-order valence-corrected chi connectivity index (χ3v) is 5.55. The lowest BCUT2D eigenvalue weighted by atomic mass is 10.1. The van der Waals surface area contributed by atoms with Crippen LogP contribution in [0, 0.1) is 20.8 Å². The van der Waals surface area contributed by atoms with Gasteiger partial charge in [-0.15, -0.1) is 0 Å². The Morgan fingerprint density at radius 3 is 2.12 bits per heavy atom. The molecule has 128 valence electrons. The fraction of sp³-hybridized carbons (Fsp3) is 0.235. The highest BCUT2D eigenvalue weighted by molar-refractivity contribution is 9.10. The third kappa shape index (κ3) is 3.62. The van der Waals surface area contributed by atoms with Crippen LogP contribution in [-0.4, -0.2) is 21.8 Å². The van der Waals surface area contributed by atoms with Crippen molar-refractivity contribution in [2.75, 3.05) is 7.11 Å². The van der Waals surface area contributed by atoms with Gasteiger partial charge in [0.15, 0.2) is 11.5 Å². The maximum atomic E-state index is 12.8. The first-order valence-electron chi connectivity index (χ1n) is 7.04. The quantitative estimate of drug-likeness (QED) is 0.548. The molecule has 0 bridgehead atoms. The summed E-state index contributed by atoms with van der Waals surface area (Å²) in [7, 11) is -2.69. The number of benzene rings is 2. The number of rotatable bonds is 5. The molecule has 0 spiro atoms. The van der Waals surface area contributed by atoms with E-state index >= 15 is 0 Å². The molecule has 0 aliphatic carbocycles. The minimum atomic E-state index is -4.06. The molecule has 0 N–H and O–H groups in total. The number of aldehydes is 1. The highest BCUT2D eigenvalue weighted by Gasteiger charge is 2.25. The maximum Gasteiger partial charge on any atom is 0.339 e. The van der Waals surface area contributed by atoms with Crippen LogP contribution in [0.4, 0.5) is 0 Å². The molecule has 0 unspecified atom stereocenters. The standard InChI is InChI=1S/C17H17BrO5S/c1-10-5-11(2)17(12(3)6-10)24(20,21)23-16-14(18)7-13(9-19)8-15(16)22-4/h5-9H,1-4H3. The zero-order chi connectivity index (χ0) is 18.1. The highest BCUT2D eigenvalue weighted by Crippen LogP contribution is 2.38. The average Bonchev–Trinajstić information content (AvgIpc) is 2.47. The van der Waals surface area contributed by atoms with E-state index in [1.165, 1.54) is 19.2 Å². The molecule has 0 aromatic heterocycles. The molecule has 2 rings (SSSR count). The Kier molecular flexibility index (Phi) is 5.35. The van der Waals surface area contributed by atoms with Crippen LogP contribution in [-0.2, 0) is 10.1 Å². The number of aryl methyl sites for hydroxylation is 3. The lowest BCUT2D eigenvalue weighted by Gasteiger charge is -2.16. The number of carbonyl (C=O) groups excluding carboxylic acids is 1. The first kappa shape index (κ1) is 18.5. The number of carbonyl (C=O) groups is 1. The number of methoxy groups -OCH3 is 1. The van der Waals surface area contributed by atoms with Crippen molar-refractivity contribution in [3.63, 3.8) is 0 Å². The smallest absolute Gasteiger partial charge is 0.339 e. The van der Waals surface area contributed by atoms with Gasteiger partial charge in [0.25, 0.3) is 0 Å². The molecule has 2 aromatic carbocycles. The molecule has 5 nitrogen and oxygen atoms in total. The number of hydrogen-bond acceptors (Lipinski definition) is 5. The molecule has 0 fully saturated rings. The van der Waals surface area contributed by atoms with Crippen LogP contribution in [0.25, 0.3) is 0 Å². The summed E-state index contributed by atoms with van der Waals surface area (Å²) in [6.07, 6.45) is 0.639. The van der Waals surface area contributed by atoms with Crippen LogP contribution >= 0.6 is 15.9 Å². The molecule has 24 heavy (non-hydrogen) atoms. The van der Waals surface area contributed by atoms with Crippen molar-refractivity contribution in [1.82, 2.24) is 0 Å². The van der Waals surface area contributed by atoms with Crippen LogP contribution in [0.1, 0.15) is 27.0 Å². The molecule has 0 saturated heterocycles. The van der Waals surface area contributed by atoms with Gasteiger partial charge in [-0.2, -0.15) is 8.42 Å². The van der Waals surface area contributed by atoms with Crippen molar-refractivity contribution in [2.24, 2.45) is 0 Å². The van der Waals surface area contributed by atoms with Gasteiger partial charge < -0.3 is 8.92 Å². The van der Waals surface area contributed by atoms with Gasteiger partial charge in [-0.1, -0.05) is 17.7 Å². The van der Waals surface area contributed by atoms with Gasteiger partial charge in [-0.3, -0.25) is 4.79 Å². The second-order valence-electron chi connectivity index (χ2n) is 5.42. The van der Waals surface area contributed by atoms with Gasteiger partial charge in [0, 0.05) is 5.56 Å². The normalized spacial score (nSPS) is 11.2. The highest BCUT2D eigenvalue weighted by atomic mass is 79.9. The Balaban J connectivity index is 2.57. The van der Waals surface area contributed by atoms with Crippen molar-refractivity contribution < 1.29 is 22.1 Å². The van der Waals surface area contributed by atoms with Gasteiger partial charge in [0.2, 0.25) is 0 Å². The third-order valence-electron chi connectivity index (χ3n) is 3.44. The Labute approximate surface area is 149 Å². The molecular formula is C17H17BrO5S. The van der Waals surface area contributed by atoms with E-state index < -0.39 is 10.1 Å². The predicted octanol–water partition coefficient (Wildman–Crippen LogP) is 3.96. The van der Waals surface area contributed by atoms with Gasteiger partial charge in [-0.25, -0.2) is 0 Å².